The summed E-state index contributed by atoms with van der Waals surface area (Å²) in [5.41, 5.74) is 0. The van der Waals surface area contributed by atoms with Gasteiger partial charge in [-0.1, -0.05) is 0 Å². The van der Waals surface area contributed by atoms with Crippen LogP contribution < -0.4 is 4.90 Å². The summed E-state index contributed by atoms with van der Waals surface area (Å²) in [6, 6.07) is 0. The van der Waals surface area contributed by atoms with Crippen molar-refractivity contribution in [3.63, 3.8) is 0 Å². The topological polar surface area (TPSA) is 34.0 Å². The Bertz CT molecular complexity index is 290. The van der Waals surface area contributed by atoms with Gasteiger partial charge in [-0.2, -0.15) is 4.98 Å². The summed E-state index contributed by atoms with van der Waals surface area (Å²) in [6.07, 6.45) is 3.88. The molecule has 0 saturated carbocycles. The number of anilines is 1. The molecule has 0 spiro atoms. The van der Waals surface area contributed by atoms with Crippen LogP contribution in [0.2, 0.25) is 0 Å². The normalized spacial score (nSPS) is 17.8. The molecule has 1 fully saturated rings. The van der Waals surface area contributed by atoms with Gasteiger partial charge in [0.2, 0.25) is 10.7 Å². The summed E-state index contributed by atoms with van der Waals surface area (Å²) < 4.78 is 2.51. The van der Waals surface area contributed by atoms with Crippen LogP contribution in [0.4, 0.5) is 5.95 Å². The predicted octanol–water partition coefficient (Wildman–Crippen LogP) is 1.57. The van der Waals surface area contributed by atoms with Crippen molar-refractivity contribution in [2.24, 2.45) is 7.05 Å². The average Bonchev–Trinajstić information content (AvgIpc) is 2.47. The molecule has 0 aromatic carbocycles. The lowest BCUT2D eigenvalue weighted by atomic mass is 10.1. The van der Waals surface area contributed by atoms with Crippen molar-refractivity contribution >= 4 is 21.9 Å². The van der Waals surface area contributed by atoms with Crippen LogP contribution >= 0.6 is 15.9 Å². The molecule has 0 unspecified atom stereocenters. The summed E-state index contributed by atoms with van der Waals surface area (Å²) in [6.45, 7) is 2.22. The Hall–Kier alpha value is -0.580. The number of piperidine rings is 1. The van der Waals surface area contributed by atoms with Gasteiger partial charge < -0.3 is 4.90 Å². The fourth-order valence-electron chi connectivity index (χ4n) is 1.72. The number of aryl methyl sites for hydroxylation is 1. The molecule has 2 rings (SSSR count). The average molecular weight is 245 g/mol. The van der Waals surface area contributed by atoms with E-state index in [2.05, 4.69) is 30.9 Å². The number of aromatic nitrogens is 3. The Labute approximate surface area is 86.1 Å². The van der Waals surface area contributed by atoms with Crippen molar-refractivity contribution in [1.29, 1.82) is 0 Å². The molecule has 1 aliphatic heterocycles. The lowest BCUT2D eigenvalue weighted by Crippen LogP contribution is -2.31. The van der Waals surface area contributed by atoms with Gasteiger partial charge in [-0.15, -0.1) is 5.10 Å². The van der Waals surface area contributed by atoms with Crippen LogP contribution in [-0.4, -0.2) is 27.9 Å². The number of hydrogen-bond donors (Lipinski definition) is 0. The molecule has 1 aliphatic rings. The zero-order chi connectivity index (χ0) is 9.26. The molecule has 1 aromatic rings. The van der Waals surface area contributed by atoms with Crippen LogP contribution in [0.25, 0.3) is 0 Å². The molecule has 0 radical (unpaired) electrons. The molecule has 4 nitrogen and oxygen atoms in total. The molecule has 1 saturated heterocycles. The van der Waals surface area contributed by atoms with Gasteiger partial charge in [-0.25, -0.2) is 4.68 Å². The molecular weight excluding hydrogens is 232 g/mol. The first-order valence-corrected chi connectivity index (χ1v) is 5.38. The second-order valence-electron chi connectivity index (χ2n) is 3.35. The Balaban J connectivity index is 2.18. The molecule has 0 N–H and O–H groups in total. The third-order valence-corrected chi connectivity index (χ3v) is 2.69. The zero-order valence-electron chi connectivity index (χ0n) is 7.70. The summed E-state index contributed by atoms with van der Waals surface area (Å²) in [5.74, 6) is 0.978. The van der Waals surface area contributed by atoms with E-state index in [1.54, 1.807) is 0 Å². The van der Waals surface area contributed by atoms with Crippen LogP contribution in [0.1, 0.15) is 19.3 Å². The van der Waals surface area contributed by atoms with Crippen molar-refractivity contribution in [1.82, 2.24) is 14.8 Å². The Kier molecular flexibility index (Phi) is 2.53. The van der Waals surface area contributed by atoms with Gasteiger partial charge in [0, 0.05) is 20.1 Å². The molecular formula is C8H13BrN4. The number of nitrogens with zero attached hydrogens (tertiary/aromatic N) is 4. The van der Waals surface area contributed by atoms with Crippen LogP contribution in [0.5, 0.6) is 0 Å². The summed E-state index contributed by atoms with van der Waals surface area (Å²) in [7, 11) is 1.93. The first-order valence-electron chi connectivity index (χ1n) is 4.59. The van der Waals surface area contributed by atoms with Gasteiger partial charge in [0.05, 0.1) is 0 Å². The minimum absolute atomic E-state index is 0.676. The summed E-state index contributed by atoms with van der Waals surface area (Å²) in [4.78, 5) is 6.62. The second-order valence-corrected chi connectivity index (χ2v) is 4.06. The second kappa shape index (κ2) is 3.65. The molecule has 72 valence electrons. The molecule has 0 bridgehead atoms. The monoisotopic (exact) mass is 244 g/mol. The van der Waals surface area contributed by atoms with Crippen LogP contribution in [0.15, 0.2) is 4.73 Å². The molecule has 13 heavy (non-hydrogen) atoms. The highest BCUT2D eigenvalue weighted by Gasteiger charge is 2.16. The third kappa shape index (κ3) is 1.85. The van der Waals surface area contributed by atoms with E-state index in [4.69, 9.17) is 0 Å². The highest BCUT2D eigenvalue weighted by Crippen LogP contribution is 2.18. The van der Waals surface area contributed by atoms with Crippen LogP contribution in [0.3, 0.4) is 0 Å². The number of halogens is 1. The minimum Gasteiger partial charge on any atom is -0.341 e. The van der Waals surface area contributed by atoms with Gasteiger partial charge in [-0.05, 0) is 35.2 Å². The van der Waals surface area contributed by atoms with Crippen molar-refractivity contribution in [3.8, 4) is 0 Å². The maximum atomic E-state index is 4.33. The maximum Gasteiger partial charge on any atom is 0.224 e. The van der Waals surface area contributed by atoms with Crippen LogP contribution in [-0.2, 0) is 7.05 Å². The van der Waals surface area contributed by atoms with E-state index in [0.29, 0.717) is 4.73 Å². The van der Waals surface area contributed by atoms with E-state index in [-0.39, 0.29) is 0 Å². The largest absolute Gasteiger partial charge is 0.341 e. The van der Waals surface area contributed by atoms with Gasteiger partial charge in [0.25, 0.3) is 0 Å². The SMILES string of the molecule is Cn1nc(Br)nc1N1CCCCC1. The zero-order valence-corrected chi connectivity index (χ0v) is 9.29. The molecule has 0 amide bonds. The Morgan fingerprint density at radius 1 is 1.23 bits per heavy atom. The molecule has 0 aliphatic carbocycles. The molecule has 5 heteroatoms. The van der Waals surface area contributed by atoms with E-state index in [1.165, 1.54) is 19.3 Å². The van der Waals surface area contributed by atoms with Gasteiger partial charge in [0.15, 0.2) is 0 Å². The van der Waals surface area contributed by atoms with Gasteiger partial charge in [-0.3, -0.25) is 0 Å². The fourth-order valence-corrected chi connectivity index (χ4v) is 2.11. The lowest BCUT2D eigenvalue weighted by molar-refractivity contribution is 0.557. The highest BCUT2D eigenvalue weighted by molar-refractivity contribution is 9.10. The number of hydrogen-bond acceptors (Lipinski definition) is 3. The highest BCUT2D eigenvalue weighted by atomic mass is 79.9. The smallest absolute Gasteiger partial charge is 0.224 e. The summed E-state index contributed by atoms with van der Waals surface area (Å²) in [5, 5.41) is 4.17. The Morgan fingerprint density at radius 3 is 2.46 bits per heavy atom. The predicted molar refractivity (Wildman–Crippen MR) is 54.8 cm³/mol. The van der Waals surface area contributed by atoms with Crippen molar-refractivity contribution in [2.75, 3.05) is 18.0 Å². The quantitative estimate of drug-likeness (QED) is 0.753. The van der Waals surface area contributed by atoms with Gasteiger partial charge >= 0.3 is 0 Å². The third-order valence-electron chi connectivity index (χ3n) is 2.35. The fraction of sp³-hybridized carbons (Fsp3) is 0.750. The number of rotatable bonds is 1. The van der Waals surface area contributed by atoms with E-state index >= 15 is 0 Å². The molecule has 1 aromatic heterocycles. The molecule has 2 heterocycles. The molecule has 0 atom stereocenters. The Morgan fingerprint density at radius 2 is 1.92 bits per heavy atom. The standard InChI is InChI=1S/C8H13BrN4/c1-12-8(10-7(9)11-12)13-5-3-2-4-6-13/h2-6H2,1H3. The van der Waals surface area contributed by atoms with Crippen molar-refractivity contribution < 1.29 is 0 Å². The van der Waals surface area contributed by atoms with E-state index in [1.807, 2.05) is 11.7 Å². The lowest BCUT2D eigenvalue weighted by Gasteiger charge is -2.26. The summed E-state index contributed by atoms with van der Waals surface area (Å²) >= 11 is 3.28. The maximum absolute atomic E-state index is 4.33. The first-order chi connectivity index (χ1) is 6.27. The van der Waals surface area contributed by atoms with Crippen molar-refractivity contribution in [3.05, 3.63) is 4.73 Å². The van der Waals surface area contributed by atoms with Gasteiger partial charge in [0.1, 0.15) is 0 Å². The van der Waals surface area contributed by atoms with E-state index in [0.717, 1.165) is 19.0 Å². The first kappa shape index (κ1) is 8.99. The van der Waals surface area contributed by atoms with Crippen LogP contribution in [0, 0.1) is 0 Å². The van der Waals surface area contributed by atoms with E-state index < -0.39 is 0 Å². The van der Waals surface area contributed by atoms with Crippen molar-refractivity contribution in [2.45, 2.75) is 19.3 Å². The minimum atomic E-state index is 0.676. The van der Waals surface area contributed by atoms with E-state index in [9.17, 15) is 0 Å².